The van der Waals surface area contributed by atoms with Crippen LogP contribution >= 0.6 is 0 Å². The van der Waals surface area contributed by atoms with Crippen LogP contribution in [0.4, 0.5) is 10.5 Å². The number of aliphatic hydroxyl groups excluding tert-OH is 1. The number of likely N-dealkylation sites (tertiary alicyclic amines) is 1. The summed E-state index contributed by atoms with van der Waals surface area (Å²) in [6.07, 6.45) is 3.98. The maximum absolute atomic E-state index is 12.6. The third-order valence-corrected chi connectivity index (χ3v) is 4.87. The second-order valence-corrected chi connectivity index (χ2v) is 6.55. The van der Waals surface area contributed by atoms with E-state index in [1.165, 1.54) is 0 Å². The largest absolute Gasteiger partial charge is 0.396 e. The summed E-state index contributed by atoms with van der Waals surface area (Å²) in [5.41, 5.74) is 0.871. The number of amides is 3. The van der Waals surface area contributed by atoms with Gasteiger partial charge in [-0.25, -0.2) is 4.79 Å². The van der Waals surface area contributed by atoms with Gasteiger partial charge in [-0.2, -0.15) is 0 Å². The van der Waals surface area contributed by atoms with Crippen molar-refractivity contribution in [2.75, 3.05) is 24.6 Å². The van der Waals surface area contributed by atoms with E-state index in [4.69, 9.17) is 0 Å². The van der Waals surface area contributed by atoms with E-state index in [0.29, 0.717) is 19.4 Å². The molecule has 6 heteroatoms. The number of hydrogen-bond donors (Lipinski definition) is 2. The minimum atomic E-state index is -0.165. The van der Waals surface area contributed by atoms with Crippen molar-refractivity contribution in [3.05, 3.63) is 30.3 Å². The highest BCUT2D eigenvalue weighted by Gasteiger charge is 2.34. The Morgan fingerprint density at radius 3 is 2.79 bits per heavy atom. The second kappa shape index (κ2) is 7.66. The van der Waals surface area contributed by atoms with Crippen molar-refractivity contribution in [1.29, 1.82) is 0 Å². The van der Waals surface area contributed by atoms with Gasteiger partial charge in [0, 0.05) is 37.8 Å². The molecule has 2 atom stereocenters. The summed E-state index contributed by atoms with van der Waals surface area (Å²) in [7, 11) is 0. The quantitative estimate of drug-likeness (QED) is 0.883. The van der Waals surface area contributed by atoms with Crippen LogP contribution in [0.15, 0.2) is 30.3 Å². The monoisotopic (exact) mass is 331 g/mol. The van der Waals surface area contributed by atoms with Crippen LogP contribution in [0, 0.1) is 0 Å². The fraction of sp³-hybridized carbons (Fsp3) is 0.556. The van der Waals surface area contributed by atoms with Gasteiger partial charge in [0.2, 0.25) is 5.91 Å². The van der Waals surface area contributed by atoms with Gasteiger partial charge in [-0.05, 0) is 37.8 Å². The molecular weight excluding hydrogens is 306 g/mol. The number of carbonyl (C=O) groups excluding carboxylic acids is 2. The lowest BCUT2D eigenvalue weighted by molar-refractivity contribution is -0.117. The minimum Gasteiger partial charge on any atom is -0.396 e. The molecule has 0 saturated carbocycles. The summed E-state index contributed by atoms with van der Waals surface area (Å²) in [5, 5.41) is 12.2. The van der Waals surface area contributed by atoms with Gasteiger partial charge in [0.15, 0.2) is 0 Å². The van der Waals surface area contributed by atoms with Gasteiger partial charge in [0.05, 0.1) is 6.04 Å². The van der Waals surface area contributed by atoms with Crippen LogP contribution < -0.4 is 10.2 Å². The molecule has 6 nitrogen and oxygen atoms in total. The van der Waals surface area contributed by atoms with Gasteiger partial charge < -0.3 is 20.2 Å². The highest BCUT2D eigenvalue weighted by molar-refractivity contribution is 5.96. The molecule has 130 valence electrons. The maximum atomic E-state index is 12.6. The standard InChI is InChI=1S/C18H25N3O3/c22-11-9-16-8-4-5-10-20(16)18(24)19-14-12-17(23)21(13-14)15-6-2-1-3-7-15/h1-3,6-7,14,16,22H,4-5,8-13H2,(H,19,24)/t14-,16-/m1/s1. The van der Waals surface area contributed by atoms with E-state index in [1.807, 2.05) is 35.2 Å². The van der Waals surface area contributed by atoms with Crippen LogP contribution in [0.1, 0.15) is 32.1 Å². The number of para-hydroxylation sites is 1. The van der Waals surface area contributed by atoms with Crippen molar-refractivity contribution in [3.63, 3.8) is 0 Å². The fourth-order valence-corrected chi connectivity index (χ4v) is 3.64. The maximum Gasteiger partial charge on any atom is 0.317 e. The number of aliphatic hydroxyl groups is 1. The summed E-state index contributed by atoms with van der Waals surface area (Å²) >= 11 is 0. The summed E-state index contributed by atoms with van der Waals surface area (Å²) in [5.74, 6) is 0.0389. The van der Waals surface area contributed by atoms with E-state index in [9.17, 15) is 14.7 Å². The second-order valence-electron chi connectivity index (χ2n) is 6.55. The van der Waals surface area contributed by atoms with Crippen molar-refractivity contribution in [2.45, 2.75) is 44.2 Å². The van der Waals surface area contributed by atoms with E-state index in [0.717, 1.165) is 31.5 Å². The SMILES string of the molecule is O=C1C[C@@H](NC(=O)N2CCCC[C@@H]2CCO)CN1c1ccccc1. The van der Waals surface area contributed by atoms with Crippen molar-refractivity contribution in [3.8, 4) is 0 Å². The molecule has 2 fully saturated rings. The van der Waals surface area contributed by atoms with E-state index in [2.05, 4.69) is 5.32 Å². The number of nitrogens with zero attached hydrogens (tertiary/aromatic N) is 2. The van der Waals surface area contributed by atoms with Crippen LogP contribution in [0.5, 0.6) is 0 Å². The molecule has 2 aliphatic heterocycles. The van der Waals surface area contributed by atoms with Crippen molar-refractivity contribution in [1.82, 2.24) is 10.2 Å². The molecule has 0 bridgehead atoms. The number of hydrogen-bond acceptors (Lipinski definition) is 3. The Morgan fingerprint density at radius 1 is 1.25 bits per heavy atom. The molecular formula is C18H25N3O3. The highest BCUT2D eigenvalue weighted by Crippen LogP contribution is 2.23. The predicted molar refractivity (Wildman–Crippen MR) is 91.8 cm³/mol. The van der Waals surface area contributed by atoms with E-state index < -0.39 is 0 Å². The topological polar surface area (TPSA) is 72.9 Å². The lowest BCUT2D eigenvalue weighted by Crippen LogP contribution is -2.52. The molecule has 3 amide bonds. The molecule has 1 aromatic rings. The zero-order valence-corrected chi connectivity index (χ0v) is 13.9. The van der Waals surface area contributed by atoms with E-state index in [1.54, 1.807) is 4.90 Å². The number of carbonyl (C=O) groups is 2. The van der Waals surface area contributed by atoms with Gasteiger partial charge in [0.25, 0.3) is 0 Å². The van der Waals surface area contributed by atoms with Crippen LogP contribution in [-0.2, 0) is 4.79 Å². The first kappa shape index (κ1) is 16.8. The lowest BCUT2D eigenvalue weighted by atomic mass is 10.00. The van der Waals surface area contributed by atoms with Gasteiger partial charge in [-0.1, -0.05) is 18.2 Å². The first-order valence-electron chi connectivity index (χ1n) is 8.72. The van der Waals surface area contributed by atoms with Crippen LogP contribution in [0.25, 0.3) is 0 Å². The number of piperidine rings is 1. The Morgan fingerprint density at radius 2 is 2.04 bits per heavy atom. The summed E-state index contributed by atoms with van der Waals surface area (Å²) in [6.45, 7) is 1.32. The number of urea groups is 1. The highest BCUT2D eigenvalue weighted by atomic mass is 16.3. The third-order valence-electron chi connectivity index (χ3n) is 4.87. The average molecular weight is 331 g/mol. The minimum absolute atomic E-state index is 0.0389. The third kappa shape index (κ3) is 3.70. The number of benzene rings is 1. The molecule has 2 saturated heterocycles. The van der Waals surface area contributed by atoms with Gasteiger partial charge in [-0.15, -0.1) is 0 Å². The van der Waals surface area contributed by atoms with Gasteiger partial charge in [0.1, 0.15) is 0 Å². The molecule has 0 unspecified atom stereocenters. The zero-order chi connectivity index (χ0) is 16.9. The zero-order valence-electron chi connectivity index (χ0n) is 13.9. The van der Waals surface area contributed by atoms with Crippen molar-refractivity contribution < 1.29 is 14.7 Å². The fourth-order valence-electron chi connectivity index (χ4n) is 3.64. The molecule has 2 N–H and O–H groups in total. The first-order valence-corrected chi connectivity index (χ1v) is 8.72. The Hall–Kier alpha value is -2.08. The molecule has 2 heterocycles. The van der Waals surface area contributed by atoms with Gasteiger partial charge >= 0.3 is 6.03 Å². The molecule has 24 heavy (non-hydrogen) atoms. The molecule has 0 spiro atoms. The molecule has 0 radical (unpaired) electrons. The first-order chi connectivity index (χ1) is 11.7. The lowest BCUT2D eigenvalue weighted by Gasteiger charge is -2.36. The van der Waals surface area contributed by atoms with Crippen LogP contribution in [-0.4, -0.2) is 53.7 Å². The smallest absolute Gasteiger partial charge is 0.317 e. The number of nitrogens with one attached hydrogen (secondary N) is 1. The summed E-state index contributed by atoms with van der Waals surface area (Å²) in [4.78, 5) is 28.4. The Balaban J connectivity index is 1.60. The molecule has 1 aromatic carbocycles. The Labute approximate surface area is 142 Å². The van der Waals surface area contributed by atoms with E-state index in [-0.39, 0.29) is 30.6 Å². The summed E-state index contributed by atoms with van der Waals surface area (Å²) in [6, 6.07) is 9.37. The predicted octanol–water partition coefficient (Wildman–Crippen LogP) is 1.74. The Bertz CT molecular complexity index is 576. The normalized spacial score (nSPS) is 24.3. The van der Waals surface area contributed by atoms with Crippen molar-refractivity contribution >= 4 is 17.6 Å². The molecule has 3 rings (SSSR count). The molecule has 0 aromatic heterocycles. The Kier molecular flexibility index (Phi) is 5.35. The summed E-state index contributed by atoms with van der Waals surface area (Å²) < 4.78 is 0. The molecule has 0 aliphatic carbocycles. The number of rotatable bonds is 4. The van der Waals surface area contributed by atoms with Gasteiger partial charge in [-0.3, -0.25) is 4.79 Å². The van der Waals surface area contributed by atoms with Crippen LogP contribution in [0.3, 0.4) is 0 Å². The van der Waals surface area contributed by atoms with Crippen molar-refractivity contribution in [2.24, 2.45) is 0 Å². The van der Waals surface area contributed by atoms with E-state index >= 15 is 0 Å². The number of anilines is 1. The molecule has 2 aliphatic rings. The van der Waals surface area contributed by atoms with Crippen LogP contribution in [0.2, 0.25) is 0 Å². The average Bonchev–Trinajstić information content (AvgIpc) is 2.96.